The lowest BCUT2D eigenvalue weighted by Gasteiger charge is -2.08. The first-order chi connectivity index (χ1) is 8.56. The van der Waals surface area contributed by atoms with E-state index in [0.29, 0.717) is 21.4 Å². The first kappa shape index (κ1) is 13.1. The van der Waals surface area contributed by atoms with Crippen LogP contribution >= 0.6 is 23.2 Å². The fraction of sp³-hybridized carbons (Fsp3) is 0.0769. The summed E-state index contributed by atoms with van der Waals surface area (Å²) in [4.78, 5) is 0. The Morgan fingerprint density at radius 2 is 1.72 bits per heavy atom. The number of hydrogen-bond acceptors (Lipinski definition) is 1. The minimum absolute atomic E-state index is 0.0806. The summed E-state index contributed by atoms with van der Waals surface area (Å²) >= 11 is 11.7. The normalized spacial score (nSPS) is 10.4. The van der Waals surface area contributed by atoms with E-state index in [-0.39, 0.29) is 6.61 Å². The van der Waals surface area contributed by atoms with Crippen LogP contribution < -0.4 is 4.74 Å². The predicted molar refractivity (Wildman–Crippen MR) is 67.2 cm³/mol. The molecule has 0 aromatic heterocycles. The van der Waals surface area contributed by atoms with Crippen LogP contribution in [0.3, 0.4) is 0 Å². The fourth-order valence-corrected chi connectivity index (χ4v) is 1.71. The third kappa shape index (κ3) is 3.12. The zero-order valence-corrected chi connectivity index (χ0v) is 10.6. The summed E-state index contributed by atoms with van der Waals surface area (Å²) in [6, 6.07) is 8.36. The van der Waals surface area contributed by atoms with Gasteiger partial charge in [-0.1, -0.05) is 29.3 Å². The van der Waals surface area contributed by atoms with Crippen LogP contribution in [0.4, 0.5) is 8.78 Å². The molecule has 2 rings (SSSR count). The average molecular weight is 289 g/mol. The van der Waals surface area contributed by atoms with Crippen LogP contribution in [0.1, 0.15) is 5.56 Å². The van der Waals surface area contributed by atoms with Crippen molar-refractivity contribution in [2.45, 2.75) is 6.61 Å². The van der Waals surface area contributed by atoms with Crippen molar-refractivity contribution in [3.63, 3.8) is 0 Å². The van der Waals surface area contributed by atoms with Crippen LogP contribution in [0.5, 0.6) is 5.75 Å². The summed E-state index contributed by atoms with van der Waals surface area (Å²) in [5.74, 6) is -1.40. The Kier molecular flexibility index (Phi) is 4.04. The van der Waals surface area contributed by atoms with Gasteiger partial charge in [-0.3, -0.25) is 0 Å². The summed E-state index contributed by atoms with van der Waals surface area (Å²) < 4.78 is 31.1. The van der Waals surface area contributed by atoms with Crippen LogP contribution in [-0.2, 0) is 6.61 Å². The minimum atomic E-state index is -0.909. The van der Waals surface area contributed by atoms with E-state index in [9.17, 15) is 8.78 Å². The van der Waals surface area contributed by atoms with Crippen LogP contribution in [0, 0.1) is 11.6 Å². The molecule has 0 heterocycles. The van der Waals surface area contributed by atoms with E-state index in [1.807, 2.05) is 0 Å². The van der Waals surface area contributed by atoms with E-state index in [1.54, 1.807) is 18.2 Å². The van der Waals surface area contributed by atoms with Gasteiger partial charge in [-0.15, -0.1) is 0 Å². The second-order valence-electron chi connectivity index (χ2n) is 3.61. The quantitative estimate of drug-likeness (QED) is 0.784. The predicted octanol–water partition coefficient (Wildman–Crippen LogP) is 4.85. The third-order valence-electron chi connectivity index (χ3n) is 2.27. The van der Waals surface area contributed by atoms with Gasteiger partial charge in [0, 0.05) is 11.1 Å². The molecular weight excluding hydrogens is 281 g/mol. The van der Waals surface area contributed by atoms with Gasteiger partial charge in [-0.05, 0) is 29.8 Å². The molecule has 94 valence electrons. The molecule has 0 saturated heterocycles. The Morgan fingerprint density at radius 1 is 0.944 bits per heavy atom. The lowest BCUT2D eigenvalue weighted by Crippen LogP contribution is -1.97. The summed E-state index contributed by atoms with van der Waals surface area (Å²) in [5, 5.41) is 0.890. The molecule has 1 nitrogen and oxygen atoms in total. The van der Waals surface area contributed by atoms with E-state index < -0.39 is 11.6 Å². The number of rotatable bonds is 3. The SMILES string of the molecule is Fc1ccc(COc2cc(Cl)ccc2Cl)cc1F. The molecule has 5 heteroatoms. The maximum atomic E-state index is 13.0. The summed E-state index contributed by atoms with van der Waals surface area (Å²) in [6.45, 7) is 0.0806. The van der Waals surface area contributed by atoms with Crippen LogP contribution in [0.2, 0.25) is 10.0 Å². The highest BCUT2D eigenvalue weighted by molar-refractivity contribution is 6.34. The molecule has 0 bridgehead atoms. The van der Waals surface area contributed by atoms with Crippen molar-refractivity contribution >= 4 is 23.2 Å². The lowest BCUT2D eigenvalue weighted by atomic mass is 10.2. The Balaban J connectivity index is 2.11. The van der Waals surface area contributed by atoms with Crippen molar-refractivity contribution in [1.29, 1.82) is 0 Å². The molecule has 18 heavy (non-hydrogen) atoms. The number of halogens is 4. The highest BCUT2D eigenvalue weighted by atomic mass is 35.5. The fourth-order valence-electron chi connectivity index (χ4n) is 1.38. The van der Waals surface area contributed by atoms with Gasteiger partial charge in [0.2, 0.25) is 0 Å². The van der Waals surface area contributed by atoms with Gasteiger partial charge in [-0.2, -0.15) is 0 Å². The Morgan fingerprint density at radius 3 is 2.44 bits per heavy atom. The topological polar surface area (TPSA) is 9.23 Å². The van der Waals surface area contributed by atoms with Crippen molar-refractivity contribution in [3.05, 3.63) is 63.6 Å². The van der Waals surface area contributed by atoms with Gasteiger partial charge >= 0.3 is 0 Å². The Hall–Kier alpha value is -1.32. The molecule has 0 amide bonds. The van der Waals surface area contributed by atoms with Crippen molar-refractivity contribution in [3.8, 4) is 5.75 Å². The van der Waals surface area contributed by atoms with Gasteiger partial charge in [0.05, 0.1) is 5.02 Å². The van der Waals surface area contributed by atoms with Crippen LogP contribution in [0.15, 0.2) is 36.4 Å². The summed E-state index contributed by atoms with van der Waals surface area (Å²) in [7, 11) is 0. The van der Waals surface area contributed by atoms with Gasteiger partial charge in [0.15, 0.2) is 11.6 Å². The first-order valence-electron chi connectivity index (χ1n) is 5.08. The van der Waals surface area contributed by atoms with Gasteiger partial charge in [0.25, 0.3) is 0 Å². The minimum Gasteiger partial charge on any atom is -0.487 e. The maximum absolute atomic E-state index is 13.0. The van der Waals surface area contributed by atoms with Crippen LogP contribution in [-0.4, -0.2) is 0 Å². The van der Waals surface area contributed by atoms with Crippen molar-refractivity contribution in [2.75, 3.05) is 0 Å². The summed E-state index contributed by atoms with van der Waals surface area (Å²) in [6.07, 6.45) is 0. The van der Waals surface area contributed by atoms with Crippen LogP contribution in [0.25, 0.3) is 0 Å². The van der Waals surface area contributed by atoms with E-state index >= 15 is 0 Å². The van der Waals surface area contributed by atoms with Gasteiger partial charge < -0.3 is 4.74 Å². The molecule has 2 aromatic rings. The lowest BCUT2D eigenvalue weighted by molar-refractivity contribution is 0.305. The molecule has 0 spiro atoms. The van der Waals surface area contributed by atoms with Crippen molar-refractivity contribution in [2.24, 2.45) is 0 Å². The van der Waals surface area contributed by atoms with E-state index in [2.05, 4.69) is 0 Å². The second kappa shape index (κ2) is 5.55. The molecule has 0 aliphatic rings. The zero-order chi connectivity index (χ0) is 13.1. The zero-order valence-electron chi connectivity index (χ0n) is 9.09. The molecule has 0 N–H and O–H groups in total. The van der Waals surface area contributed by atoms with Crippen molar-refractivity contribution < 1.29 is 13.5 Å². The molecule has 0 atom stereocenters. The number of benzene rings is 2. The average Bonchev–Trinajstić information content (AvgIpc) is 2.34. The van der Waals surface area contributed by atoms with Gasteiger partial charge in [-0.25, -0.2) is 8.78 Å². The van der Waals surface area contributed by atoms with E-state index in [0.717, 1.165) is 12.1 Å². The Labute approximate surface area is 113 Å². The maximum Gasteiger partial charge on any atom is 0.159 e. The molecule has 0 aliphatic carbocycles. The number of hydrogen-bond donors (Lipinski definition) is 0. The first-order valence-corrected chi connectivity index (χ1v) is 5.83. The Bertz CT molecular complexity index is 573. The summed E-state index contributed by atoms with van der Waals surface area (Å²) in [5.41, 5.74) is 0.505. The van der Waals surface area contributed by atoms with Crippen molar-refractivity contribution in [1.82, 2.24) is 0 Å². The molecule has 0 fully saturated rings. The smallest absolute Gasteiger partial charge is 0.159 e. The highest BCUT2D eigenvalue weighted by Crippen LogP contribution is 2.28. The third-order valence-corrected chi connectivity index (χ3v) is 2.82. The molecule has 0 aliphatic heterocycles. The molecule has 2 aromatic carbocycles. The highest BCUT2D eigenvalue weighted by Gasteiger charge is 2.05. The largest absolute Gasteiger partial charge is 0.487 e. The molecule has 0 saturated carbocycles. The standard InChI is InChI=1S/C13H8Cl2F2O/c14-9-2-3-10(15)13(6-9)18-7-8-1-4-11(16)12(17)5-8/h1-6H,7H2. The molecule has 0 radical (unpaired) electrons. The molecular formula is C13H8Cl2F2O. The second-order valence-corrected chi connectivity index (χ2v) is 4.46. The van der Waals surface area contributed by atoms with E-state index in [4.69, 9.17) is 27.9 Å². The molecule has 0 unspecified atom stereocenters. The van der Waals surface area contributed by atoms with Gasteiger partial charge in [0.1, 0.15) is 12.4 Å². The monoisotopic (exact) mass is 288 g/mol. The number of ether oxygens (including phenoxy) is 1. The van der Waals surface area contributed by atoms with E-state index in [1.165, 1.54) is 6.07 Å².